The Labute approximate surface area is 131 Å². The molecule has 1 aliphatic heterocycles. The van der Waals surface area contributed by atoms with Crippen LogP contribution in [-0.4, -0.2) is 51.6 Å². The third kappa shape index (κ3) is 4.08. The molecule has 2 atom stereocenters. The molecule has 1 N–H and O–H groups in total. The fraction of sp³-hybridized carbons (Fsp3) is 0.471. The van der Waals surface area contributed by atoms with Crippen molar-refractivity contribution in [2.45, 2.75) is 31.5 Å². The Morgan fingerprint density at radius 1 is 1.27 bits per heavy atom. The quantitative estimate of drug-likeness (QED) is 0.847. The summed E-state index contributed by atoms with van der Waals surface area (Å²) in [7, 11) is 0. The van der Waals surface area contributed by atoms with Crippen molar-refractivity contribution in [2.24, 2.45) is 0 Å². The van der Waals surface area contributed by atoms with E-state index in [1.807, 2.05) is 53.5 Å². The van der Waals surface area contributed by atoms with Gasteiger partial charge in [-0.1, -0.05) is 18.2 Å². The number of rotatable bonds is 7. The van der Waals surface area contributed by atoms with E-state index in [-0.39, 0.29) is 0 Å². The van der Waals surface area contributed by atoms with Gasteiger partial charge in [0, 0.05) is 25.0 Å². The van der Waals surface area contributed by atoms with E-state index in [4.69, 9.17) is 4.74 Å². The molecule has 5 heteroatoms. The first kappa shape index (κ1) is 15.1. The van der Waals surface area contributed by atoms with Gasteiger partial charge in [0.25, 0.3) is 0 Å². The summed E-state index contributed by atoms with van der Waals surface area (Å²) >= 11 is 0. The van der Waals surface area contributed by atoms with Crippen molar-refractivity contribution in [2.75, 3.05) is 19.7 Å². The van der Waals surface area contributed by atoms with Crippen LogP contribution in [0.25, 0.3) is 0 Å². The fourth-order valence-electron chi connectivity index (χ4n) is 3.00. The Kier molecular flexibility index (Phi) is 5.08. The van der Waals surface area contributed by atoms with Crippen molar-refractivity contribution < 1.29 is 9.84 Å². The number of nitrogens with zero attached hydrogens (tertiary/aromatic N) is 3. The Morgan fingerprint density at radius 2 is 2.14 bits per heavy atom. The smallest absolute Gasteiger partial charge is 0.119 e. The molecule has 2 aromatic rings. The zero-order valence-corrected chi connectivity index (χ0v) is 12.7. The summed E-state index contributed by atoms with van der Waals surface area (Å²) in [5, 5.41) is 14.5. The summed E-state index contributed by atoms with van der Waals surface area (Å²) in [5.41, 5.74) is 0. The van der Waals surface area contributed by atoms with Gasteiger partial charge in [-0.3, -0.25) is 9.58 Å². The van der Waals surface area contributed by atoms with E-state index in [9.17, 15) is 5.11 Å². The lowest BCUT2D eigenvalue weighted by Crippen LogP contribution is -2.40. The first-order valence-corrected chi connectivity index (χ1v) is 7.88. The van der Waals surface area contributed by atoms with Gasteiger partial charge in [-0.05, 0) is 37.6 Å². The van der Waals surface area contributed by atoms with E-state index in [1.165, 1.54) is 6.42 Å². The minimum absolute atomic E-state index is 0.328. The van der Waals surface area contributed by atoms with Crippen LogP contribution >= 0.6 is 0 Å². The molecular weight excluding hydrogens is 278 g/mol. The van der Waals surface area contributed by atoms with E-state index in [0.717, 1.165) is 25.3 Å². The predicted molar refractivity (Wildman–Crippen MR) is 84.8 cm³/mol. The molecule has 1 aliphatic rings. The monoisotopic (exact) mass is 301 g/mol. The standard InChI is InChI=1S/C17H23N3O2/c21-16(14-22-17-7-2-1-3-8-17)13-19-10-4-6-15(19)12-20-11-5-9-18-20/h1-3,5,7-9,11,15-16,21H,4,6,10,12-14H2. The normalized spacial score (nSPS) is 20.1. The topological polar surface area (TPSA) is 50.5 Å². The van der Waals surface area contributed by atoms with Crippen LogP contribution in [0.3, 0.4) is 0 Å². The van der Waals surface area contributed by atoms with Crippen molar-refractivity contribution in [1.82, 2.24) is 14.7 Å². The number of hydrogen-bond donors (Lipinski definition) is 1. The Bertz CT molecular complexity index is 544. The summed E-state index contributed by atoms with van der Waals surface area (Å²) in [6.07, 6.45) is 5.66. The number of ether oxygens (including phenoxy) is 1. The van der Waals surface area contributed by atoms with Crippen LogP contribution < -0.4 is 4.74 Å². The molecule has 5 nitrogen and oxygen atoms in total. The maximum Gasteiger partial charge on any atom is 0.119 e. The van der Waals surface area contributed by atoms with Crippen molar-refractivity contribution in [3.8, 4) is 5.75 Å². The van der Waals surface area contributed by atoms with E-state index >= 15 is 0 Å². The molecule has 22 heavy (non-hydrogen) atoms. The Balaban J connectivity index is 1.46. The number of likely N-dealkylation sites (tertiary alicyclic amines) is 1. The van der Waals surface area contributed by atoms with Crippen LogP contribution in [0.4, 0.5) is 0 Å². The second-order valence-electron chi connectivity index (χ2n) is 5.80. The lowest BCUT2D eigenvalue weighted by atomic mass is 10.2. The molecule has 0 saturated carbocycles. The number of aliphatic hydroxyl groups excluding tert-OH is 1. The third-order valence-corrected chi connectivity index (χ3v) is 4.09. The van der Waals surface area contributed by atoms with Gasteiger partial charge in [-0.2, -0.15) is 5.10 Å². The highest BCUT2D eigenvalue weighted by Crippen LogP contribution is 2.19. The molecule has 0 aliphatic carbocycles. The molecular formula is C17H23N3O2. The van der Waals surface area contributed by atoms with Crippen LogP contribution in [-0.2, 0) is 6.54 Å². The number of para-hydroxylation sites is 1. The highest BCUT2D eigenvalue weighted by Gasteiger charge is 2.26. The van der Waals surface area contributed by atoms with Crippen molar-refractivity contribution in [1.29, 1.82) is 0 Å². The summed E-state index contributed by atoms with van der Waals surface area (Å²) in [5.74, 6) is 0.802. The molecule has 1 saturated heterocycles. The highest BCUT2D eigenvalue weighted by molar-refractivity contribution is 5.20. The average molecular weight is 301 g/mol. The van der Waals surface area contributed by atoms with Crippen LogP contribution in [0, 0.1) is 0 Å². The fourth-order valence-corrected chi connectivity index (χ4v) is 3.00. The van der Waals surface area contributed by atoms with E-state index in [1.54, 1.807) is 0 Å². The number of hydrogen-bond acceptors (Lipinski definition) is 4. The summed E-state index contributed by atoms with van der Waals surface area (Å²) in [6, 6.07) is 12.0. The lowest BCUT2D eigenvalue weighted by Gasteiger charge is -2.26. The maximum atomic E-state index is 10.2. The summed E-state index contributed by atoms with van der Waals surface area (Å²) in [4.78, 5) is 2.35. The SMILES string of the molecule is OC(COc1ccccc1)CN1CCCC1Cn1cccn1. The summed E-state index contributed by atoms with van der Waals surface area (Å²) in [6.45, 7) is 2.90. The first-order valence-electron chi connectivity index (χ1n) is 7.88. The van der Waals surface area contributed by atoms with Gasteiger partial charge in [-0.15, -0.1) is 0 Å². The lowest BCUT2D eigenvalue weighted by molar-refractivity contribution is 0.0609. The van der Waals surface area contributed by atoms with Gasteiger partial charge in [0.2, 0.25) is 0 Å². The molecule has 0 amide bonds. The molecule has 1 aromatic heterocycles. The van der Waals surface area contributed by atoms with Crippen molar-refractivity contribution in [3.63, 3.8) is 0 Å². The van der Waals surface area contributed by atoms with E-state index in [2.05, 4.69) is 10.00 Å². The predicted octanol–water partition coefficient (Wildman–Crippen LogP) is 1.79. The molecule has 0 radical (unpaired) electrons. The van der Waals surface area contributed by atoms with Crippen molar-refractivity contribution in [3.05, 3.63) is 48.8 Å². The van der Waals surface area contributed by atoms with Gasteiger partial charge in [0.1, 0.15) is 18.5 Å². The van der Waals surface area contributed by atoms with Crippen LogP contribution in [0.5, 0.6) is 5.75 Å². The molecule has 0 spiro atoms. The number of β-amino-alcohol motifs (C(OH)–C–C–N with tert-alkyl or cyclic N) is 1. The molecule has 0 bridgehead atoms. The van der Waals surface area contributed by atoms with Gasteiger partial charge in [0.05, 0.1) is 6.54 Å². The Hall–Kier alpha value is -1.85. The van der Waals surface area contributed by atoms with Crippen LogP contribution in [0.2, 0.25) is 0 Å². The Morgan fingerprint density at radius 3 is 2.91 bits per heavy atom. The van der Waals surface area contributed by atoms with Gasteiger partial charge in [-0.25, -0.2) is 0 Å². The van der Waals surface area contributed by atoms with Crippen LogP contribution in [0.15, 0.2) is 48.8 Å². The first-order chi connectivity index (χ1) is 10.8. The molecule has 1 aromatic carbocycles. The zero-order valence-electron chi connectivity index (χ0n) is 12.7. The number of aliphatic hydroxyl groups is 1. The molecule has 2 unspecified atom stereocenters. The minimum atomic E-state index is -0.474. The summed E-state index contributed by atoms with van der Waals surface area (Å²) < 4.78 is 7.59. The molecule has 2 heterocycles. The second-order valence-corrected chi connectivity index (χ2v) is 5.80. The number of aromatic nitrogens is 2. The second kappa shape index (κ2) is 7.42. The molecule has 3 rings (SSSR count). The minimum Gasteiger partial charge on any atom is -0.491 e. The molecule has 1 fully saturated rings. The zero-order chi connectivity index (χ0) is 15.2. The van der Waals surface area contributed by atoms with Gasteiger partial charge >= 0.3 is 0 Å². The van der Waals surface area contributed by atoms with Gasteiger partial charge < -0.3 is 9.84 Å². The maximum absolute atomic E-state index is 10.2. The van der Waals surface area contributed by atoms with Gasteiger partial charge in [0.15, 0.2) is 0 Å². The highest BCUT2D eigenvalue weighted by atomic mass is 16.5. The largest absolute Gasteiger partial charge is 0.491 e. The van der Waals surface area contributed by atoms with Crippen molar-refractivity contribution >= 4 is 0 Å². The van der Waals surface area contributed by atoms with Crippen LogP contribution in [0.1, 0.15) is 12.8 Å². The third-order valence-electron chi connectivity index (χ3n) is 4.09. The average Bonchev–Trinajstić information content (AvgIpc) is 3.20. The molecule has 118 valence electrons. The number of benzene rings is 1. The van der Waals surface area contributed by atoms with E-state index in [0.29, 0.717) is 19.2 Å². The van der Waals surface area contributed by atoms with E-state index < -0.39 is 6.10 Å².